The summed E-state index contributed by atoms with van der Waals surface area (Å²) in [5.41, 5.74) is 0. The lowest BCUT2D eigenvalue weighted by atomic mass is 10.2. The molecule has 0 bridgehead atoms. The first-order valence-electron chi connectivity index (χ1n) is 2.79. The summed E-state index contributed by atoms with van der Waals surface area (Å²) in [5, 5.41) is 7.17. The van der Waals surface area contributed by atoms with E-state index in [0.29, 0.717) is 5.89 Å². The minimum Gasteiger partial charge on any atom is -0.437 e. The average molecular weight is 122 g/mol. The van der Waals surface area contributed by atoms with Gasteiger partial charge in [0.1, 0.15) is 0 Å². The van der Waals surface area contributed by atoms with Crippen LogP contribution in [0.3, 0.4) is 0 Å². The van der Waals surface area contributed by atoms with Gasteiger partial charge in [0.2, 0.25) is 5.89 Å². The first-order valence-corrected chi connectivity index (χ1v) is 2.79. The van der Waals surface area contributed by atoms with Gasteiger partial charge < -0.3 is 4.42 Å². The van der Waals surface area contributed by atoms with Crippen LogP contribution in [0.15, 0.2) is 4.42 Å². The van der Waals surface area contributed by atoms with Crippen LogP contribution in [-0.2, 0) is 0 Å². The molecule has 1 aromatic heterocycles. The zero-order valence-corrected chi connectivity index (χ0v) is 5.46. The molecule has 2 radical (unpaired) electrons. The van der Waals surface area contributed by atoms with Crippen molar-refractivity contribution >= 4 is 13.6 Å². The fourth-order valence-electron chi connectivity index (χ4n) is 0.480. The van der Waals surface area contributed by atoms with Crippen LogP contribution in [0, 0.1) is 0 Å². The summed E-state index contributed by atoms with van der Waals surface area (Å²) in [6.45, 7) is 3.93. The normalized spacial score (nSPS) is 10.6. The maximum absolute atomic E-state index is 5.18. The van der Waals surface area contributed by atoms with E-state index in [1.54, 1.807) is 0 Å². The van der Waals surface area contributed by atoms with Gasteiger partial charge in [0.25, 0.3) is 0 Å². The summed E-state index contributed by atoms with van der Waals surface area (Å²) < 4.78 is 4.90. The topological polar surface area (TPSA) is 38.9 Å². The molecule has 0 aliphatic carbocycles. The Kier molecular flexibility index (Phi) is 1.55. The largest absolute Gasteiger partial charge is 0.437 e. The lowest BCUT2D eigenvalue weighted by Gasteiger charge is -1.92. The van der Waals surface area contributed by atoms with Crippen molar-refractivity contribution in [2.45, 2.75) is 19.8 Å². The van der Waals surface area contributed by atoms with Gasteiger partial charge in [-0.05, 0) is 0 Å². The molecule has 3 nitrogen and oxygen atoms in total. The van der Waals surface area contributed by atoms with Crippen LogP contribution < -0.4 is 5.79 Å². The summed E-state index contributed by atoms with van der Waals surface area (Å²) in [7, 11) is 5.18. The van der Waals surface area contributed by atoms with Crippen molar-refractivity contribution in [1.29, 1.82) is 0 Å². The zero-order valence-electron chi connectivity index (χ0n) is 5.46. The first-order chi connectivity index (χ1) is 4.20. The molecule has 0 aliphatic rings. The molecule has 9 heavy (non-hydrogen) atoms. The Morgan fingerprint density at radius 1 is 1.44 bits per heavy atom. The molecular formula is C5H7BN2O. The fraction of sp³-hybridized carbons (Fsp3) is 0.600. The van der Waals surface area contributed by atoms with Crippen molar-refractivity contribution in [3.05, 3.63) is 5.89 Å². The molecule has 0 N–H and O–H groups in total. The van der Waals surface area contributed by atoms with E-state index in [1.165, 1.54) is 0 Å². The van der Waals surface area contributed by atoms with E-state index in [2.05, 4.69) is 10.2 Å². The van der Waals surface area contributed by atoms with E-state index in [0.717, 1.165) is 0 Å². The van der Waals surface area contributed by atoms with E-state index >= 15 is 0 Å². The van der Waals surface area contributed by atoms with Gasteiger partial charge in [-0.2, -0.15) is 0 Å². The molecule has 0 atom stereocenters. The maximum atomic E-state index is 5.18. The van der Waals surface area contributed by atoms with Crippen molar-refractivity contribution in [3.8, 4) is 0 Å². The molecule has 0 saturated heterocycles. The SMILES string of the molecule is [B]c1nnc(C(C)C)o1. The van der Waals surface area contributed by atoms with Crippen LogP contribution in [0.2, 0.25) is 0 Å². The quantitative estimate of drug-likeness (QED) is 0.491. The number of hydrogen-bond donors (Lipinski definition) is 0. The predicted octanol–water partition coefficient (Wildman–Crippen LogP) is -0.0132. The van der Waals surface area contributed by atoms with Gasteiger partial charge in [-0.15, -0.1) is 10.2 Å². The van der Waals surface area contributed by atoms with Crippen molar-refractivity contribution in [3.63, 3.8) is 0 Å². The van der Waals surface area contributed by atoms with Gasteiger partial charge in [0.15, 0.2) is 13.6 Å². The Balaban J connectivity index is 2.85. The summed E-state index contributed by atoms with van der Waals surface area (Å²) in [4.78, 5) is 0. The van der Waals surface area contributed by atoms with Crippen LogP contribution in [0.1, 0.15) is 25.7 Å². The Bertz CT molecular complexity index is 197. The second-order valence-corrected chi connectivity index (χ2v) is 2.13. The molecule has 0 aromatic carbocycles. The average Bonchev–Trinajstić information content (AvgIpc) is 2.14. The van der Waals surface area contributed by atoms with E-state index in [9.17, 15) is 0 Å². The van der Waals surface area contributed by atoms with Crippen molar-refractivity contribution in [2.24, 2.45) is 0 Å². The highest BCUT2D eigenvalue weighted by Crippen LogP contribution is 2.06. The van der Waals surface area contributed by atoms with Crippen LogP contribution in [0.5, 0.6) is 0 Å². The summed E-state index contributed by atoms with van der Waals surface area (Å²) >= 11 is 0. The molecule has 0 fully saturated rings. The lowest BCUT2D eigenvalue weighted by molar-refractivity contribution is 0.493. The molecule has 0 spiro atoms. The molecule has 1 aromatic rings. The van der Waals surface area contributed by atoms with Gasteiger partial charge in [-0.3, -0.25) is 0 Å². The third-order valence-electron chi connectivity index (χ3n) is 0.950. The van der Waals surface area contributed by atoms with Crippen molar-refractivity contribution in [2.75, 3.05) is 0 Å². The van der Waals surface area contributed by atoms with Crippen molar-refractivity contribution < 1.29 is 4.42 Å². The molecule has 1 heterocycles. The van der Waals surface area contributed by atoms with Gasteiger partial charge in [-0.1, -0.05) is 13.8 Å². The monoisotopic (exact) mass is 122 g/mol. The van der Waals surface area contributed by atoms with Gasteiger partial charge in [-0.25, -0.2) is 0 Å². The Hall–Kier alpha value is -0.795. The predicted molar refractivity (Wildman–Crippen MR) is 33.8 cm³/mol. The summed E-state index contributed by atoms with van der Waals surface area (Å²) in [6, 6.07) is 0. The smallest absolute Gasteiger partial charge is 0.217 e. The molecule has 0 amide bonds. The Morgan fingerprint density at radius 2 is 2.11 bits per heavy atom. The molecule has 0 aliphatic heterocycles. The molecule has 46 valence electrons. The maximum Gasteiger partial charge on any atom is 0.217 e. The summed E-state index contributed by atoms with van der Waals surface area (Å²) in [5.74, 6) is 0.987. The molecule has 4 heteroatoms. The highest BCUT2D eigenvalue weighted by atomic mass is 16.4. The third-order valence-corrected chi connectivity index (χ3v) is 0.950. The van der Waals surface area contributed by atoms with Crippen LogP contribution in [0.25, 0.3) is 0 Å². The fourth-order valence-corrected chi connectivity index (χ4v) is 0.480. The highest BCUT2D eigenvalue weighted by molar-refractivity contribution is 6.27. The number of rotatable bonds is 1. The van der Waals surface area contributed by atoms with Crippen LogP contribution in [-0.4, -0.2) is 18.0 Å². The number of aromatic nitrogens is 2. The Labute approximate surface area is 54.9 Å². The van der Waals surface area contributed by atoms with E-state index in [-0.39, 0.29) is 11.7 Å². The lowest BCUT2D eigenvalue weighted by Crippen LogP contribution is -2.00. The number of nitrogens with zero attached hydrogens (tertiary/aromatic N) is 2. The standard InChI is InChI=1S/C5H7BN2O/c1-3(2)4-7-8-5(6)9-4/h3H,1-2H3. The van der Waals surface area contributed by atoms with Crippen LogP contribution >= 0.6 is 0 Å². The second-order valence-electron chi connectivity index (χ2n) is 2.13. The van der Waals surface area contributed by atoms with Gasteiger partial charge in [0.05, 0.1) is 0 Å². The minimum absolute atomic E-state index is 0.138. The first kappa shape index (κ1) is 6.33. The molecular weight excluding hydrogens is 115 g/mol. The Morgan fingerprint density at radius 3 is 2.33 bits per heavy atom. The third kappa shape index (κ3) is 1.31. The minimum atomic E-state index is 0.138. The summed E-state index contributed by atoms with van der Waals surface area (Å²) in [6.07, 6.45) is 0. The van der Waals surface area contributed by atoms with Crippen LogP contribution in [0.4, 0.5) is 0 Å². The van der Waals surface area contributed by atoms with E-state index < -0.39 is 0 Å². The van der Waals surface area contributed by atoms with E-state index in [4.69, 9.17) is 12.3 Å². The van der Waals surface area contributed by atoms with Gasteiger partial charge in [0, 0.05) is 5.92 Å². The van der Waals surface area contributed by atoms with Crippen molar-refractivity contribution in [1.82, 2.24) is 10.2 Å². The zero-order chi connectivity index (χ0) is 6.85. The molecule has 0 saturated carbocycles. The highest BCUT2D eigenvalue weighted by Gasteiger charge is 2.04. The van der Waals surface area contributed by atoms with E-state index in [1.807, 2.05) is 13.8 Å². The van der Waals surface area contributed by atoms with Gasteiger partial charge >= 0.3 is 0 Å². The molecule has 1 rings (SSSR count). The molecule has 0 unspecified atom stereocenters. The number of hydrogen-bond acceptors (Lipinski definition) is 3. The second kappa shape index (κ2) is 2.21.